The summed E-state index contributed by atoms with van der Waals surface area (Å²) in [7, 11) is 0. The number of nitrogens with zero attached hydrogens (tertiary/aromatic N) is 3. The highest BCUT2D eigenvalue weighted by Gasteiger charge is 2.41. The summed E-state index contributed by atoms with van der Waals surface area (Å²) in [4.78, 5) is 24.3. The summed E-state index contributed by atoms with van der Waals surface area (Å²) in [5.41, 5.74) is 4.38. The van der Waals surface area contributed by atoms with Gasteiger partial charge in [0.15, 0.2) is 0 Å². The molecule has 1 aromatic carbocycles. The normalized spacial score (nSPS) is 23.6. The van der Waals surface area contributed by atoms with Gasteiger partial charge in [0, 0.05) is 36.8 Å². The number of carbonyl (C=O) groups excluding carboxylic acids is 1. The number of pyridine rings is 1. The summed E-state index contributed by atoms with van der Waals surface area (Å²) in [6.45, 7) is 4.53. The van der Waals surface area contributed by atoms with Crippen LogP contribution in [0.1, 0.15) is 48.1 Å². The lowest BCUT2D eigenvalue weighted by Gasteiger charge is -2.29. The van der Waals surface area contributed by atoms with E-state index in [1.165, 1.54) is 11.1 Å². The SMILES string of the molecule is C[C@@H](CC(=O)Cc1cc2c(cn1)C(N1CC3CC1CO3)=NC2)c1ccccc1. The van der Waals surface area contributed by atoms with Gasteiger partial charge in [-0.1, -0.05) is 37.3 Å². The molecule has 3 atom stereocenters. The first-order valence-corrected chi connectivity index (χ1v) is 10.1. The second-order valence-electron chi connectivity index (χ2n) is 8.20. The fourth-order valence-corrected chi connectivity index (χ4v) is 4.64. The van der Waals surface area contributed by atoms with Crippen LogP contribution in [-0.4, -0.2) is 46.8 Å². The lowest BCUT2D eigenvalue weighted by molar-refractivity contribution is -0.118. The zero-order valence-electron chi connectivity index (χ0n) is 16.2. The number of Topliss-reactive ketones (excluding diaryl/α,β-unsaturated/α-hetero) is 1. The van der Waals surface area contributed by atoms with Gasteiger partial charge in [0.05, 0.1) is 25.3 Å². The average Bonchev–Trinajstić information content (AvgIpc) is 3.43. The monoisotopic (exact) mass is 375 g/mol. The van der Waals surface area contributed by atoms with Crippen molar-refractivity contribution in [3.63, 3.8) is 0 Å². The van der Waals surface area contributed by atoms with E-state index in [2.05, 4.69) is 35.0 Å². The highest BCUT2D eigenvalue weighted by atomic mass is 16.5. The Morgan fingerprint density at radius 1 is 1.32 bits per heavy atom. The van der Waals surface area contributed by atoms with Crippen molar-refractivity contribution in [1.29, 1.82) is 0 Å². The number of aliphatic imine (C=N–C) groups is 1. The molecule has 2 aromatic rings. The molecule has 0 saturated carbocycles. The van der Waals surface area contributed by atoms with Gasteiger partial charge in [-0.15, -0.1) is 0 Å². The van der Waals surface area contributed by atoms with E-state index in [1.807, 2.05) is 24.4 Å². The van der Waals surface area contributed by atoms with Gasteiger partial charge in [-0.05, 0) is 29.5 Å². The second kappa shape index (κ2) is 7.13. The van der Waals surface area contributed by atoms with E-state index in [0.29, 0.717) is 31.5 Å². The van der Waals surface area contributed by atoms with Crippen molar-refractivity contribution in [3.8, 4) is 0 Å². The van der Waals surface area contributed by atoms with Crippen LogP contribution in [0.2, 0.25) is 0 Å². The van der Waals surface area contributed by atoms with Crippen molar-refractivity contribution in [3.05, 3.63) is 65.0 Å². The first-order valence-electron chi connectivity index (χ1n) is 10.1. The van der Waals surface area contributed by atoms with Gasteiger partial charge in [0.2, 0.25) is 0 Å². The lowest BCUT2D eigenvalue weighted by atomic mass is 9.94. The van der Waals surface area contributed by atoms with E-state index in [4.69, 9.17) is 9.73 Å². The molecule has 2 fully saturated rings. The van der Waals surface area contributed by atoms with Crippen LogP contribution in [0, 0.1) is 0 Å². The van der Waals surface area contributed by atoms with Gasteiger partial charge in [-0.3, -0.25) is 14.8 Å². The van der Waals surface area contributed by atoms with Crippen LogP contribution in [0.5, 0.6) is 0 Å². The Morgan fingerprint density at radius 2 is 2.18 bits per heavy atom. The number of ether oxygens (including phenoxy) is 1. The number of fused-ring (bicyclic) bond motifs is 3. The molecule has 5 rings (SSSR count). The molecule has 2 saturated heterocycles. The fourth-order valence-electron chi connectivity index (χ4n) is 4.64. The number of hydrogen-bond donors (Lipinski definition) is 0. The molecule has 3 aliphatic rings. The van der Waals surface area contributed by atoms with Gasteiger partial charge in [-0.25, -0.2) is 0 Å². The number of carbonyl (C=O) groups is 1. The molecule has 1 aromatic heterocycles. The van der Waals surface area contributed by atoms with Gasteiger partial charge in [0.25, 0.3) is 0 Å². The Labute approximate surface area is 165 Å². The van der Waals surface area contributed by atoms with Gasteiger partial charge < -0.3 is 9.64 Å². The van der Waals surface area contributed by atoms with Gasteiger partial charge >= 0.3 is 0 Å². The summed E-state index contributed by atoms with van der Waals surface area (Å²) >= 11 is 0. The largest absolute Gasteiger partial charge is 0.374 e. The van der Waals surface area contributed by atoms with Crippen LogP contribution in [0.4, 0.5) is 0 Å². The minimum atomic E-state index is 0.228. The number of benzene rings is 1. The van der Waals surface area contributed by atoms with Crippen LogP contribution < -0.4 is 0 Å². The minimum absolute atomic E-state index is 0.228. The van der Waals surface area contributed by atoms with E-state index in [1.54, 1.807) is 0 Å². The van der Waals surface area contributed by atoms with Crippen molar-refractivity contribution < 1.29 is 9.53 Å². The molecule has 2 bridgehead atoms. The quantitative estimate of drug-likeness (QED) is 0.806. The Kier molecular flexibility index (Phi) is 4.47. The Hall–Kier alpha value is -2.53. The highest BCUT2D eigenvalue weighted by molar-refractivity contribution is 6.02. The lowest BCUT2D eigenvalue weighted by Crippen LogP contribution is -2.41. The topological polar surface area (TPSA) is 54.8 Å². The third-order valence-electron chi connectivity index (χ3n) is 6.14. The number of aromatic nitrogens is 1. The van der Waals surface area contributed by atoms with Gasteiger partial charge in [-0.2, -0.15) is 0 Å². The fraction of sp³-hybridized carbons (Fsp3) is 0.435. The molecular formula is C23H25N3O2. The molecule has 0 radical (unpaired) electrons. The molecule has 0 aliphatic carbocycles. The number of morpholine rings is 1. The first-order chi connectivity index (χ1) is 13.7. The highest BCUT2D eigenvalue weighted by Crippen LogP contribution is 2.32. The van der Waals surface area contributed by atoms with Crippen molar-refractivity contribution in [1.82, 2.24) is 9.88 Å². The molecule has 0 N–H and O–H groups in total. The molecule has 28 heavy (non-hydrogen) atoms. The molecule has 5 heteroatoms. The van der Waals surface area contributed by atoms with E-state index >= 15 is 0 Å². The minimum Gasteiger partial charge on any atom is -0.374 e. The van der Waals surface area contributed by atoms with Crippen LogP contribution in [-0.2, 0) is 22.5 Å². The maximum absolute atomic E-state index is 12.6. The van der Waals surface area contributed by atoms with Crippen LogP contribution in [0.25, 0.3) is 0 Å². The second-order valence-corrected chi connectivity index (χ2v) is 8.20. The van der Waals surface area contributed by atoms with Crippen LogP contribution in [0.15, 0.2) is 47.6 Å². The molecule has 0 spiro atoms. The van der Waals surface area contributed by atoms with E-state index in [9.17, 15) is 4.79 Å². The molecule has 144 valence electrons. The zero-order chi connectivity index (χ0) is 19.1. The molecule has 5 nitrogen and oxygen atoms in total. The standard InChI is InChI=1S/C23H25N3O2/c1-15(16-5-3-2-4-6-16)7-20(27)9-18-8-17-11-25-23(22(17)12-24-18)26-13-21-10-19(26)14-28-21/h2-6,8,12,15,19,21H,7,9-11,13-14H2,1H3/t15-,19?,21?/m0/s1. The van der Waals surface area contributed by atoms with E-state index < -0.39 is 0 Å². The molecule has 3 aliphatic heterocycles. The third-order valence-corrected chi connectivity index (χ3v) is 6.14. The zero-order valence-corrected chi connectivity index (χ0v) is 16.2. The van der Waals surface area contributed by atoms with E-state index in [-0.39, 0.29) is 11.7 Å². The number of likely N-dealkylation sites (tertiary alicyclic amines) is 1. The van der Waals surface area contributed by atoms with E-state index in [0.717, 1.165) is 36.7 Å². The van der Waals surface area contributed by atoms with Crippen molar-refractivity contribution in [2.75, 3.05) is 13.2 Å². The summed E-state index contributed by atoms with van der Waals surface area (Å²) in [6.07, 6.45) is 4.31. The predicted octanol–water partition coefficient (Wildman–Crippen LogP) is 3.12. The van der Waals surface area contributed by atoms with Crippen LogP contribution >= 0.6 is 0 Å². The number of amidine groups is 1. The Balaban J connectivity index is 1.24. The predicted molar refractivity (Wildman–Crippen MR) is 108 cm³/mol. The first kappa shape index (κ1) is 17.6. The Bertz CT molecular complexity index is 925. The third kappa shape index (κ3) is 3.24. The summed E-state index contributed by atoms with van der Waals surface area (Å²) in [5, 5.41) is 0. The van der Waals surface area contributed by atoms with Gasteiger partial charge in [0.1, 0.15) is 11.6 Å². The summed E-state index contributed by atoms with van der Waals surface area (Å²) in [6, 6.07) is 12.7. The molecule has 4 heterocycles. The summed E-state index contributed by atoms with van der Waals surface area (Å²) in [5.74, 6) is 1.52. The summed E-state index contributed by atoms with van der Waals surface area (Å²) < 4.78 is 5.71. The van der Waals surface area contributed by atoms with Crippen molar-refractivity contribution in [2.24, 2.45) is 4.99 Å². The number of rotatable bonds is 5. The van der Waals surface area contributed by atoms with Crippen molar-refractivity contribution in [2.45, 2.75) is 50.8 Å². The Morgan fingerprint density at radius 3 is 2.93 bits per heavy atom. The van der Waals surface area contributed by atoms with Crippen LogP contribution in [0.3, 0.4) is 0 Å². The van der Waals surface area contributed by atoms with Crippen molar-refractivity contribution >= 4 is 11.6 Å². The average molecular weight is 375 g/mol. The molecule has 0 amide bonds. The maximum Gasteiger partial charge on any atom is 0.139 e. The smallest absolute Gasteiger partial charge is 0.139 e. The number of ketones is 1. The maximum atomic E-state index is 12.6. The molecule has 2 unspecified atom stereocenters. The number of hydrogen-bond acceptors (Lipinski definition) is 5. The molecular weight excluding hydrogens is 350 g/mol.